The minimum Gasteiger partial charge on any atom is -0.366 e. The lowest BCUT2D eigenvalue weighted by Gasteiger charge is -2.02. The number of amides is 1. The number of benzene rings is 2. The molecule has 0 aliphatic carbocycles. The SMILES string of the molecule is NC(=O)c1ccccc1C(=O)C=Cc1ccccc1. The monoisotopic (exact) mass is 251 g/mol. The van der Waals surface area contributed by atoms with Crippen molar-refractivity contribution in [3.8, 4) is 0 Å². The molecular formula is C16H13NO2. The van der Waals surface area contributed by atoms with E-state index in [1.807, 2.05) is 30.3 Å². The van der Waals surface area contributed by atoms with Crippen LogP contribution in [0.3, 0.4) is 0 Å². The Balaban J connectivity index is 2.26. The Hall–Kier alpha value is -2.68. The summed E-state index contributed by atoms with van der Waals surface area (Å²) in [5.41, 5.74) is 6.73. The van der Waals surface area contributed by atoms with Crippen molar-refractivity contribution >= 4 is 17.8 Å². The standard InChI is InChI=1S/C16H13NO2/c17-16(19)14-9-5-4-8-13(14)15(18)11-10-12-6-2-1-3-7-12/h1-11H,(H2,17,19). The smallest absolute Gasteiger partial charge is 0.249 e. The molecule has 94 valence electrons. The summed E-state index contributed by atoms with van der Waals surface area (Å²) in [5.74, 6) is -0.838. The molecule has 0 radical (unpaired) electrons. The van der Waals surface area contributed by atoms with Gasteiger partial charge in [0.1, 0.15) is 0 Å². The number of nitrogens with two attached hydrogens (primary N) is 1. The van der Waals surface area contributed by atoms with Gasteiger partial charge in [-0.3, -0.25) is 9.59 Å². The number of hydrogen-bond acceptors (Lipinski definition) is 2. The van der Waals surface area contributed by atoms with Crippen molar-refractivity contribution in [1.82, 2.24) is 0 Å². The lowest BCUT2D eigenvalue weighted by atomic mass is 10.0. The zero-order chi connectivity index (χ0) is 13.7. The summed E-state index contributed by atoms with van der Waals surface area (Å²) in [5, 5.41) is 0. The number of rotatable bonds is 4. The number of carbonyl (C=O) groups excluding carboxylic acids is 2. The zero-order valence-electron chi connectivity index (χ0n) is 10.2. The summed E-state index contributed by atoms with van der Waals surface area (Å²) in [6, 6.07) is 16.0. The molecule has 3 nitrogen and oxygen atoms in total. The Kier molecular flexibility index (Phi) is 3.88. The molecule has 2 aromatic rings. The van der Waals surface area contributed by atoms with Gasteiger partial charge in [0.05, 0.1) is 5.56 Å². The van der Waals surface area contributed by atoms with Crippen LogP contribution in [0.5, 0.6) is 0 Å². The molecule has 0 heterocycles. The average Bonchev–Trinajstić information content (AvgIpc) is 2.46. The van der Waals surface area contributed by atoms with E-state index in [2.05, 4.69) is 0 Å². The van der Waals surface area contributed by atoms with Crippen LogP contribution in [0.2, 0.25) is 0 Å². The van der Waals surface area contributed by atoms with Crippen LogP contribution in [0, 0.1) is 0 Å². The van der Waals surface area contributed by atoms with Crippen LogP contribution in [0.4, 0.5) is 0 Å². The third kappa shape index (κ3) is 3.16. The van der Waals surface area contributed by atoms with Gasteiger partial charge in [-0.25, -0.2) is 0 Å². The van der Waals surface area contributed by atoms with Crippen LogP contribution >= 0.6 is 0 Å². The summed E-state index contributed by atoms with van der Waals surface area (Å²) in [7, 11) is 0. The second-order valence-corrected chi connectivity index (χ2v) is 4.02. The summed E-state index contributed by atoms with van der Waals surface area (Å²) in [6.45, 7) is 0. The van der Waals surface area contributed by atoms with Gasteiger partial charge < -0.3 is 5.73 Å². The minimum atomic E-state index is -0.600. The third-order valence-electron chi connectivity index (χ3n) is 2.68. The highest BCUT2D eigenvalue weighted by Gasteiger charge is 2.11. The van der Waals surface area contributed by atoms with E-state index in [-0.39, 0.29) is 11.3 Å². The van der Waals surface area contributed by atoms with E-state index < -0.39 is 5.91 Å². The summed E-state index contributed by atoms with van der Waals surface area (Å²) < 4.78 is 0. The third-order valence-corrected chi connectivity index (χ3v) is 2.68. The number of hydrogen-bond donors (Lipinski definition) is 1. The molecule has 0 fully saturated rings. The van der Waals surface area contributed by atoms with Crippen molar-refractivity contribution < 1.29 is 9.59 Å². The summed E-state index contributed by atoms with van der Waals surface area (Å²) >= 11 is 0. The first-order chi connectivity index (χ1) is 9.18. The maximum Gasteiger partial charge on any atom is 0.249 e. The van der Waals surface area contributed by atoms with Crippen molar-refractivity contribution in [1.29, 1.82) is 0 Å². The second-order valence-electron chi connectivity index (χ2n) is 4.02. The molecule has 0 saturated carbocycles. The maximum absolute atomic E-state index is 12.0. The molecule has 0 aliphatic rings. The van der Waals surface area contributed by atoms with E-state index in [0.29, 0.717) is 5.56 Å². The van der Waals surface area contributed by atoms with E-state index >= 15 is 0 Å². The van der Waals surface area contributed by atoms with E-state index in [9.17, 15) is 9.59 Å². The van der Waals surface area contributed by atoms with Gasteiger partial charge in [-0.1, -0.05) is 54.6 Å². The number of ketones is 1. The molecule has 2 rings (SSSR count). The molecule has 3 heteroatoms. The molecule has 1 amide bonds. The van der Waals surface area contributed by atoms with Crippen molar-refractivity contribution in [3.05, 3.63) is 77.4 Å². The van der Waals surface area contributed by atoms with E-state index in [4.69, 9.17) is 5.73 Å². The minimum absolute atomic E-state index is 0.238. The Morgan fingerprint density at radius 2 is 1.42 bits per heavy atom. The molecule has 0 saturated heterocycles. The Morgan fingerprint density at radius 3 is 2.05 bits per heavy atom. The Labute approximate surface area is 111 Å². The van der Waals surface area contributed by atoms with Crippen molar-refractivity contribution in [2.75, 3.05) is 0 Å². The summed E-state index contributed by atoms with van der Waals surface area (Å²) in [4.78, 5) is 23.3. The lowest BCUT2D eigenvalue weighted by Crippen LogP contribution is -2.15. The van der Waals surface area contributed by atoms with Gasteiger partial charge >= 0.3 is 0 Å². The van der Waals surface area contributed by atoms with Gasteiger partial charge in [-0.2, -0.15) is 0 Å². The van der Waals surface area contributed by atoms with E-state index in [1.165, 1.54) is 6.08 Å². The fourth-order valence-electron chi connectivity index (χ4n) is 1.74. The number of primary amides is 1. The normalized spacial score (nSPS) is 10.5. The van der Waals surface area contributed by atoms with Gasteiger partial charge in [-0.15, -0.1) is 0 Å². The van der Waals surface area contributed by atoms with Gasteiger partial charge in [0.25, 0.3) is 0 Å². The van der Waals surface area contributed by atoms with Gasteiger partial charge in [0, 0.05) is 5.56 Å². The Morgan fingerprint density at radius 1 is 0.842 bits per heavy atom. The van der Waals surface area contributed by atoms with Gasteiger partial charge in [0.2, 0.25) is 5.91 Å². The zero-order valence-corrected chi connectivity index (χ0v) is 10.2. The molecule has 0 bridgehead atoms. The fourth-order valence-corrected chi connectivity index (χ4v) is 1.74. The Bertz CT molecular complexity index is 630. The predicted molar refractivity (Wildman–Crippen MR) is 74.8 cm³/mol. The fraction of sp³-hybridized carbons (Fsp3) is 0. The molecule has 0 unspecified atom stereocenters. The first kappa shape index (κ1) is 12.8. The molecule has 0 spiro atoms. The highest BCUT2D eigenvalue weighted by atomic mass is 16.1. The molecule has 19 heavy (non-hydrogen) atoms. The summed E-state index contributed by atoms with van der Waals surface area (Å²) in [6.07, 6.45) is 3.15. The topological polar surface area (TPSA) is 60.2 Å². The van der Waals surface area contributed by atoms with Crippen molar-refractivity contribution in [2.45, 2.75) is 0 Å². The first-order valence-corrected chi connectivity index (χ1v) is 5.85. The first-order valence-electron chi connectivity index (χ1n) is 5.85. The molecule has 0 aliphatic heterocycles. The van der Waals surface area contributed by atoms with Crippen molar-refractivity contribution in [3.63, 3.8) is 0 Å². The molecule has 2 N–H and O–H groups in total. The number of allylic oxidation sites excluding steroid dienone is 1. The molecule has 0 atom stereocenters. The number of carbonyl (C=O) groups is 2. The van der Waals surface area contributed by atoms with Crippen LogP contribution in [-0.2, 0) is 0 Å². The van der Waals surface area contributed by atoms with Crippen LogP contribution in [0.15, 0.2) is 60.7 Å². The van der Waals surface area contributed by atoms with Crippen LogP contribution in [-0.4, -0.2) is 11.7 Å². The van der Waals surface area contributed by atoms with Crippen molar-refractivity contribution in [2.24, 2.45) is 5.73 Å². The second kappa shape index (κ2) is 5.78. The highest BCUT2D eigenvalue weighted by molar-refractivity contribution is 6.13. The van der Waals surface area contributed by atoms with Crippen LogP contribution < -0.4 is 5.73 Å². The predicted octanol–water partition coefficient (Wildman–Crippen LogP) is 2.68. The van der Waals surface area contributed by atoms with Crippen LogP contribution in [0.25, 0.3) is 6.08 Å². The van der Waals surface area contributed by atoms with E-state index in [1.54, 1.807) is 30.3 Å². The molecule has 0 aromatic heterocycles. The average molecular weight is 251 g/mol. The van der Waals surface area contributed by atoms with Gasteiger partial charge in [0.15, 0.2) is 5.78 Å². The quantitative estimate of drug-likeness (QED) is 0.670. The largest absolute Gasteiger partial charge is 0.366 e. The molecular weight excluding hydrogens is 238 g/mol. The lowest BCUT2D eigenvalue weighted by molar-refractivity contribution is 0.0983. The van der Waals surface area contributed by atoms with E-state index in [0.717, 1.165) is 5.56 Å². The highest BCUT2D eigenvalue weighted by Crippen LogP contribution is 2.11. The molecule has 2 aromatic carbocycles. The van der Waals surface area contributed by atoms with Gasteiger partial charge in [-0.05, 0) is 17.7 Å². The van der Waals surface area contributed by atoms with Crippen LogP contribution in [0.1, 0.15) is 26.3 Å². The maximum atomic E-state index is 12.0.